The first kappa shape index (κ1) is 42.3. The lowest BCUT2D eigenvalue weighted by atomic mass is 9.84. The summed E-state index contributed by atoms with van der Waals surface area (Å²) in [5.41, 5.74) is -0.961. The molecular formula is C18H8Cl21. The number of hydrogen-bond acceptors (Lipinski definition) is 0. The van der Waals surface area contributed by atoms with Crippen molar-refractivity contribution >= 4 is 244 Å². The minimum absolute atomic E-state index is 0.0265. The van der Waals surface area contributed by atoms with Gasteiger partial charge in [0.1, 0.15) is 0 Å². The van der Waals surface area contributed by atoms with Crippen molar-refractivity contribution < 1.29 is 0 Å². The molecule has 0 unspecified atom stereocenters. The summed E-state index contributed by atoms with van der Waals surface area (Å²) in [7, 11) is 0. The molecule has 0 atom stereocenters. The molecular weight excluding hydrogens is 961 g/mol. The molecule has 39 heavy (non-hydrogen) atoms. The van der Waals surface area contributed by atoms with Crippen LogP contribution in [0.3, 0.4) is 0 Å². The summed E-state index contributed by atoms with van der Waals surface area (Å²) >= 11 is 132. The van der Waals surface area contributed by atoms with Crippen LogP contribution in [0, 0.1) is 5.92 Å². The second kappa shape index (κ2) is 13.3. The Labute approximate surface area is 330 Å². The monoisotopic (exact) mass is 958 g/mol. The van der Waals surface area contributed by atoms with Crippen molar-refractivity contribution in [3.63, 3.8) is 0 Å². The zero-order chi connectivity index (χ0) is 31.8. The first-order valence-corrected chi connectivity index (χ1v) is 17.1. The van der Waals surface area contributed by atoms with Gasteiger partial charge in [0.2, 0.25) is 24.4 Å². The van der Waals surface area contributed by atoms with Gasteiger partial charge < -0.3 is 0 Å². The normalized spacial score (nSPS) is 15.8. The van der Waals surface area contributed by atoms with E-state index < -0.39 is 37.4 Å². The van der Waals surface area contributed by atoms with Gasteiger partial charge in [-0.15, -0.1) is 0 Å². The fourth-order valence-corrected chi connectivity index (χ4v) is 7.35. The number of alkyl halides is 21. The number of halogens is 21. The van der Waals surface area contributed by atoms with Crippen LogP contribution in [0.4, 0.5) is 0 Å². The van der Waals surface area contributed by atoms with Crippen LogP contribution >= 0.6 is 244 Å². The predicted octanol–water partition coefficient (Wildman–Crippen LogP) is 15.2. The zero-order valence-electron chi connectivity index (χ0n) is 18.1. The van der Waals surface area contributed by atoms with E-state index in [0.717, 1.165) is 12.1 Å². The molecule has 1 rings (SSSR count). The minimum atomic E-state index is -2.63. The van der Waals surface area contributed by atoms with Crippen molar-refractivity contribution in [2.45, 2.75) is 51.2 Å². The smallest absolute Gasteiger partial charge is 0.0930 e. The van der Waals surface area contributed by atoms with Gasteiger partial charge in [0.25, 0.3) is 0 Å². The van der Waals surface area contributed by atoms with Gasteiger partial charge in [-0.1, -0.05) is 257 Å². The highest BCUT2D eigenvalue weighted by Gasteiger charge is 2.66. The maximum atomic E-state index is 6.71. The highest BCUT2D eigenvalue weighted by Crippen LogP contribution is 2.67. The molecule has 0 heterocycles. The van der Waals surface area contributed by atoms with Crippen molar-refractivity contribution in [1.82, 2.24) is 0 Å². The molecule has 0 saturated heterocycles. The van der Waals surface area contributed by atoms with E-state index in [2.05, 4.69) is 0 Å². The summed E-state index contributed by atoms with van der Waals surface area (Å²) in [6, 6.07) is 2.22. The molecule has 0 bridgehead atoms. The Bertz CT molecular complexity index is 991. The Morgan fingerprint density at radius 2 is 0.641 bits per heavy atom. The SMILES string of the molecule is C[C](C)c1c(C(Cl)(Cl)C(Cl)(Cl)C(Cl)(Cl)Cl)cc(C(Cl)(Cl)C(Cl)(Cl)C(Cl)(Cl)Cl)cc1C(Cl)(Cl)C(Cl)(Cl)C(Cl)(Cl)Cl. The standard InChI is InChI=1S/C18H8Cl21/c1-5(2)9-7(11(21,22)14(27,28)17(34,35)36)3-6(10(19,20)13(25,26)16(31,32)33)4-8(9)12(23,24)15(29,30)18(37,38)39/h3-4H,1-2H3. The Hall–Kier alpha value is 5.31. The molecule has 0 aliphatic rings. The molecule has 0 amide bonds. The van der Waals surface area contributed by atoms with Crippen molar-refractivity contribution in [3.8, 4) is 0 Å². The number of benzene rings is 1. The molecule has 1 radical (unpaired) electrons. The summed E-state index contributed by atoms with van der Waals surface area (Å²) in [4.78, 5) is 0. The van der Waals surface area contributed by atoms with Crippen LogP contribution in [0.25, 0.3) is 0 Å². The van der Waals surface area contributed by atoms with Crippen molar-refractivity contribution in [2.24, 2.45) is 0 Å². The number of hydrogen-bond donors (Lipinski definition) is 0. The third-order valence-corrected chi connectivity index (χ3v) is 16.7. The van der Waals surface area contributed by atoms with Crippen molar-refractivity contribution in [3.05, 3.63) is 40.3 Å². The Morgan fingerprint density at radius 1 is 0.410 bits per heavy atom. The zero-order valence-corrected chi connectivity index (χ0v) is 34.0. The van der Waals surface area contributed by atoms with Gasteiger partial charge in [0.15, 0.2) is 13.0 Å². The lowest BCUT2D eigenvalue weighted by Crippen LogP contribution is -2.49. The van der Waals surface area contributed by atoms with Crippen LogP contribution in [0.15, 0.2) is 12.1 Å². The topological polar surface area (TPSA) is 0 Å². The summed E-state index contributed by atoms with van der Waals surface area (Å²) < 4.78 is -23.2. The van der Waals surface area contributed by atoms with Crippen LogP contribution in [-0.4, -0.2) is 24.4 Å². The third-order valence-electron chi connectivity index (χ3n) is 4.93. The summed E-state index contributed by atoms with van der Waals surface area (Å²) in [6.45, 7) is 3.11. The Balaban J connectivity index is 4.56. The average Bonchev–Trinajstić information content (AvgIpc) is 2.69. The minimum Gasteiger partial charge on any atom is -0.0930 e. The van der Waals surface area contributed by atoms with Crippen LogP contribution < -0.4 is 0 Å². The van der Waals surface area contributed by atoms with E-state index in [1.165, 1.54) is 0 Å². The largest absolute Gasteiger partial charge is 0.226 e. The maximum absolute atomic E-state index is 6.71. The van der Waals surface area contributed by atoms with Gasteiger partial charge in [-0.2, -0.15) is 0 Å². The summed E-state index contributed by atoms with van der Waals surface area (Å²) in [5.74, 6) is 0.365. The van der Waals surface area contributed by atoms with E-state index in [-0.39, 0.29) is 22.3 Å². The maximum Gasteiger partial charge on any atom is 0.226 e. The lowest BCUT2D eigenvalue weighted by molar-refractivity contribution is 0.656. The fraction of sp³-hybridized carbons (Fsp3) is 0.611. The molecule has 0 spiro atoms. The average molecular weight is 969 g/mol. The quantitative estimate of drug-likeness (QED) is 0.239. The lowest BCUT2D eigenvalue weighted by Gasteiger charge is -2.44. The van der Waals surface area contributed by atoms with Gasteiger partial charge in [-0.3, -0.25) is 0 Å². The Kier molecular flexibility index (Phi) is 14.5. The molecule has 1 aromatic rings. The van der Waals surface area contributed by atoms with Gasteiger partial charge in [0.05, 0.1) is 0 Å². The van der Waals surface area contributed by atoms with Gasteiger partial charge in [-0.25, -0.2) is 0 Å². The van der Waals surface area contributed by atoms with E-state index >= 15 is 0 Å². The molecule has 0 nitrogen and oxygen atoms in total. The van der Waals surface area contributed by atoms with Crippen molar-refractivity contribution in [1.29, 1.82) is 0 Å². The predicted molar refractivity (Wildman–Crippen MR) is 184 cm³/mol. The first-order valence-electron chi connectivity index (χ1n) is 9.12. The summed E-state index contributed by atoms with van der Waals surface area (Å²) in [5, 5.41) is 0. The van der Waals surface area contributed by atoms with Crippen molar-refractivity contribution in [2.75, 3.05) is 0 Å². The van der Waals surface area contributed by atoms with Gasteiger partial charge in [0, 0.05) is 0 Å². The van der Waals surface area contributed by atoms with E-state index in [9.17, 15) is 0 Å². The molecule has 0 fully saturated rings. The van der Waals surface area contributed by atoms with Crippen LogP contribution in [0.5, 0.6) is 0 Å². The molecule has 227 valence electrons. The Morgan fingerprint density at radius 3 is 0.846 bits per heavy atom. The highest BCUT2D eigenvalue weighted by molar-refractivity contribution is 6.80. The van der Waals surface area contributed by atoms with Gasteiger partial charge >= 0.3 is 0 Å². The van der Waals surface area contributed by atoms with Crippen LogP contribution in [-0.2, 0) is 13.0 Å². The first-order chi connectivity index (χ1) is 16.7. The van der Waals surface area contributed by atoms with Crippen LogP contribution in [0.1, 0.15) is 36.1 Å². The van der Waals surface area contributed by atoms with E-state index in [1.807, 2.05) is 0 Å². The molecule has 21 heteroatoms. The van der Waals surface area contributed by atoms with E-state index in [4.69, 9.17) is 244 Å². The second-order valence-electron chi connectivity index (χ2n) is 7.89. The molecule has 0 saturated carbocycles. The molecule has 0 aliphatic carbocycles. The summed E-state index contributed by atoms with van der Waals surface area (Å²) in [6.07, 6.45) is 0. The second-order valence-corrected chi connectivity index (χ2v) is 22.7. The van der Waals surface area contributed by atoms with Crippen LogP contribution in [0.2, 0.25) is 0 Å². The number of rotatable bonds is 7. The van der Waals surface area contributed by atoms with E-state index in [1.54, 1.807) is 13.8 Å². The molecule has 0 N–H and O–H groups in total. The highest BCUT2D eigenvalue weighted by atomic mass is 35.6. The molecule has 1 aromatic carbocycles. The third kappa shape index (κ3) is 7.81. The van der Waals surface area contributed by atoms with Gasteiger partial charge in [-0.05, 0) is 40.3 Å². The molecule has 0 aliphatic heterocycles. The fourth-order valence-electron chi connectivity index (χ4n) is 2.91. The molecule has 0 aromatic heterocycles. The van der Waals surface area contributed by atoms with E-state index in [0.29, 0.717) is 5.92 Å².